The average molecular weight is 494 g/mol. The van der Waals surface area contributed by atoms with E-state index in [1.165, 1.54) is 24.4 Å². The van der Waals surface area contributed by atoms with Gasteiger partial charge in [0.1, 0.15) is 17.3 Å². The summed E-state index contributed by atoms with van der Waals surface area (Å²) in [4.78, 5) is 21.7. The van der Waals surface area contributed by atoms with E-state index in [-0.39, 0.29) is 35.3 Å². The van der Waals surface area contributed by atoms with E-state index in [0.717, 1.165) is 30.5 Å². The Morgan fingerprint density at radius 3 is 2.69 bits per heavy atom. The number of nitrogens with one attached hydrogen (secondary N) is 1. The number of aromatic nitrogens is 4. The number of hydrogen-bond acceptors (Lipinski definition) is 6. The molecular formula is C27H29F2N5O2. The van der Waals surface area contributed by atoms with Gasteiger partial charge in [-0.1, -0.05) is 19.9 Å². The van der Waals surface area contributed by atoms with Crippen LogP contribution in [0.1, 0.15) is 73.4 Å². The summed E-state index contributed by atoms with van der Waals surface area (Å²) in [5, 5.41) is 21.1. The lowest BCUT2D eigenvalue weighted by molar-refractivity contribution is 0.0917. The molecule has 3 aromatic rings. The number of aliphatic hydroxyl groups excluding tert-OH is 1. The van der Waals surface area contributed by atoms with E-state index in [4.69, 9.17) is 4.98 Å². The van der Waals surface area contributed by atoms with Crippen LogP contribution >= 0.6 is 0 Å². The number of halogens is 2. The molecule has 188 valence electrons. The molecule has 6 rings (SSSR count). The maximum Gasteiger partial charge on any atom is 0.271 e. The summed E-state index contributed by atoms with van der Waals surface area (Å²) < 4.78 is 29.1. The highest BCUT2D eigenvalue weighted by molar-refractivity contribution is 5.92. The van der Waals surface area contributed by atoms with E-state index in [1.807, 2.05) is 0 Å². The molecule has 0 radical (unpaired) electrons. The van der Waals surface area contributed by atoms with Crippen LogP contribution in [0.25, 0.3) is 11.3 Å². The predicted octanol–water partition coefficient (Wildman–Crippen LogP) is 4.16. The van der Waals surface area contributed by atoms with Gasteiger partial charge in [-0.3, -0.25) is 9.78 Å². The van der Waals surface area contributed by atoms with Gasteiger partial charge in [-0.25, -0.2) is 13.8 Å². The molecule has 3 aliphatic rings. The largest absolute Gasteiger partial charge is 0.392 e. The van der Waals surface area contributed by atoms with Crippen LogP contribution in [0.3, 0.4) is 0 Å². The SMILES string of the molecule is CC1CC(C)[C@]2(c3cncc(C(=O)NC[C@@H](C)O)n3)CC[C@H]1c1cc(-c3c(F)cccc3F)nnc12. The highest BCUT2D eigenvalue weighted by Crippen LogP contribution is 2.57. The van der Waals surface area contributed by atoms with Crippen LogP contribution in [0.2, 0.25) is 0 Å². The van der Waals surface area contributed by atoms with Crippen LogP contribution in [-0.4, -0.2) is 43.8 Å². The Balaban J connectivity index is 1.65. The van der Waals surface area contributed by atoms with Gasteiger partial charge in [0.05, 0.1) is 40.4 Å². The van der Waals surface area contributed by atoms with E-state index in [9.17, 15) is 18.7 Å². The molecule has 2 bridgehead atoms. The highest BCUT2D eigenvalue weighted by atomic mass is 19.1. The molecule has 0 spiro atoms. The summed E-state index contributed by atoms with van der Waals surface area (Å²) in [6.07, 6.45) is 4.90. The minimum atomic E-state index is -0.682. The smallest absolute Gasteiger partial charge is 0.271 e. The van der Waals surface area contributed by atoms with Gasteiger partial charge in [0.25, 0.3) is 5.91 Å². The lowest BCUT2D eigenvalue weighted by atomic mass is 9.64. The molecule has 2 unspecified atom stereocenters. The van der Waals surface area contributed by atoms with Gasteiger partial charge in [-0.05, 0) is 67.7 Å². The second-order valence-corrected chi connectivity index (χ2v) is 10.2. The zero-order valence-electron chi connectivity index (χ0n) is 20.5. The van der Waals surface area contributed by atoms with Crippen molar-refractivity contribution in [1.82, 2.24) is 25.5 Å². The maximum atomic E-state index is 14.6. The molecular weight excluding hydrogens is 464 g/mol. The van der Waals surface area contributed by atoms with Gasteiger partial charge in [-0.15, -0.1) is 5.10 Å². The van der Waals surface area contributed by atoms with Gasteiger partial charge in [0, 0.05) is 12.7 Å². The van der Waals surface area contributed by atoms with Crippen molar-refractivity contribution < 1.29 is 18.7 Å². The number of fused-ring (bicyclic) bond motifs is 3. The number of aliphatic hydroxyl groups is 1. The molecule has 36 heavy (non-hydrogen) atoms. The molecule has 3 aliphatic carbocycles. The van der Waals surface area contributed by atoms with Crippen molar-refractivity contribution in [2.24, 2.45) is 11.8 Å². The Labute approximate surface area is 208 Å². The van der Waals surface area contributed by atoms with Crippen molar-refractivity contribution in [3.8, 4) is 11.3 Å². The van der Waals surface area contributed by atoms with Crippen LogP contribution in [0, 0.1) is 23.5 Å². The zero-order valence-corrected chi connectivity index (χ0v) is 20.5. The summed E-state index contributed by atoms with van der Waals surface area (Å²) in [6.45, 7) is 6.05. The number of amides is 1. The van der Waals surface area contributed by atoms with Crippen LogP contribution in [0.4, 0.5) is 8.78 Å². The van der Waals surface area contributed by atoms with Crippen molar-refractivity contribution in [3.05, 3.63) is 70.9 Å². The summed E-state index contributed by atoms with van der Waals surface area (Å²) >= 11 is 0. The molecule has 1 saturated carbocycles. The number of carbonyl (C=O) groups excluding carboxylic acids is 1. The van der Waals surface area contributed by atoms with Crippen molar-refractivity contribution in [3.63, 3.8) is 0 Å². The van der Waals surface area contributed by atoms with Crippen molar-refractivity contribution in [2.75, 3.05) is 6.54 Å². The fraction of sp³-hybridized carbons (Fsp3) is 0.444. The lowest BCUT2D eigenvalue weighted by Crippen LogP contribution is -2.40. The maximum absolute atomic E-state index is 14.6. The summed E-state index contributed by atoms with van der Waals surface area (Å²) in [6, 6.07) is 5.54. The van der Waals surface area contributed by atoms with Crippen molar-refractivity contribution in [2.45, 2.75) is 57.5 Å². The monoisotopic (exact) mass is 493 g/mol. The fourth-order valence-electron chi connectivity index (χ4n) is 6.07. The number of carbonyl (C=O) groups is 1. The number of benzene rings is 1. The molecule has 0 saturated heterocycles. The molecule has 1 fully saturated rings. The normalized spacial score (nSPS) is 25.7. The van der Waals surface area contributed by atoms with Crippen LogP contribution < -0.4 is 5.32 Å². The van der Waals surface area contributed by atoms with Gasteiger partial charge in [0.2, 0.25) is 0 Å². The van der Waals surface area contributed by atoms with Crippen molar-refractivity contribution in [1.29, 1.82) is 0 Å². The first-order valence-corrected chi connectivity index (χ1v) is 12.3. The standard InChI is InChI=1S/C27H29F2N5O2/c1-14-9-15(2)27(23-13-30-12-22(32-23)26(36)31-11-16(3)35)8-7-17(14)18-10-21(33-34-25(18)27)24-19(28)5-4-6-20(24)29/h4-6,10,12-17,35H,7-9,11H2,1-3H3,(H,31,36)/t14?,15?,16-,17-,27+/m1/s1. The topological polar surface area (TPSA) is 101 Å². The minimum absolute atomic E-state index is 0.106. The number of hydrogen-bond donors (Lipinski definition) is 2. The second kappa shape index (κ2) is 9.28. The Hall–Kier alpha value is -3.33. The third-order valence-corrected chi connectivity index (χ3v) is 7.85. The molecule has 0 aliphatic heterocycles. The van der Waals surface area contributed by atoms with Crippen LogP contribution in [0.15, 0.2) is 36.7 Å². The van der Waals surface area contributed by atoms with Gasteiger partial charge in [0.15, 0.2) is 0 Å². The molecule has 2 aromatic heterocycles. The molecule has 2 heterocycles. The van der Waals surface area contributed by atoms with E-state index in [2.05, 4.69) is 34.3 Å². The molecule has 1 aromatic carbocycles. The Bertz CT molecular complexity index is 1300. The molecule has 1 amide bonds. The van der Waals surface area contributed by atoms with E-state index < -0.39 is 29.1 Å². The molecule has 9 heteroatoms. The lowest BCUT2D eigenvalue weighted by Gasteiger charge is -2.40. The zero-order chi connectivity index (χ0) is 25.6. The average Bonchev–Trinajstić information content (AvgIpc) is 3.04. The predicted molar refractivity (Wildman–Crippen MR) is 129 cm³/mol. The first-order valence-electron chi connectivity index (χ1n) is 12.3. The van der Waals surface area contributed by atoms with Gasteiger partial charge in [-0.2, -0.15) is 5.10 Å². The first kappa shape index (κ1) is 24.4. The van der Waals surface area contributed by atoms with Gasteiger partial charge < -0.3 is 10.4 Å². The van der Waals surface area contributed by atoms with E-state index in [1.54, 1.807) is 19.2 Å². The molecule has 5 atom stereocenters. The Morgan fingerprint density at radius 1 is 1.22 bits per heavy atom. The van der Waals surface area contributed by atoms with E-state index >= 15 is 0 Å². The minimum Gasteiger partial charge on any atom is -0.392 e. The quantitative estimate of drug-likeness (QED) is 0.554. The summed E-state index contributed by atoms with van der Waals surface area (Å²) in [5.74, 6) is -1.17. The first-order chi connectivity index (χ1) is 17.2. The second-order valence-electron chi connectivity index (χ2n) is 10.2. The summed E-state index contributed by atoms with van der Waals surface area (Å²) in [5.41, 5.74) is 1.82. The van der Waals surface area contributed by atoms with Gasteiger partial charge >= 0.3 is 0 Å². The summed E-state index contributed by atoms with van der Waals surface area (Å²) in [7, 11) is 0. The van der Waals surface area contributed by atoms with Crippen LogP contribution in [0.5, 0.6) is 0 Å². The fourth-order valence-corrected chi connectivity index (χ4v) is 6.07. The number of rotatable bonds is 5. The Morgan fingerprint density at radius 2 is 1.97 bits per heavy atom. The highest BCUT2D eigenvalue weighted by Gasteiger charge is 2.52. The Kier molecular flexibility index (Phi) is 6.28. The molecule has 7 nitrogen and oxygen atoms in total. The van der Waals surface area contributed by atoms with E-state index in [0.29, 0.717) is 11.6 Å². The molecule has 2 N–H and O–H groups in total. The third-order valence-electron chi connectivity index (χ3n) is 7.85. The number of nitrogens with zero attached hydrogens (tertiary/aromatic N) is 4. The van der Waals surface area contributed by atoms with Crippen LogP contribution in [-0.2, 0) is 5.41 Å². The van der Waals surface area contributed by atoms with Crippen molar-refractivity contribution >= 4 is 5.91 Å². The third kappa shape index (κ3) is 3.95.